The van der Waals surface area contributed by atoms with Crippen LogP contribution in [0.4, 0.5) is 17.1 Å². The molecule has 10 heteroatoms. The molecule has 31 heavy (non-hydrogen) atoms. The van der Waals surface area contributed by atoms with Gasteiger partial charge < -0.3 is 14.5 Å². The second kappa shape index (κ2) is 8.89. The van der Waals surface area contributed by atoms with Crippen molar-refractivity contribution in [2.24, 2.45) is 0 Å². The SMILES string of the molecule is CSc1ccc(C(=O)OCC(=O)C(C#N)=C2N(C)c3ccccc3N2C)cc1[N+](=O)[O-]. The van der Waals surface area contributed by atoms with E-state index in [1.54, 1.807) is 30.2 Å². The fraction of sp³-hybridized carbons (Fsp3) is 0.190. The standard InChI is InChI=1S/C21H18N4O5S/c1-23-15-6-4-5-7-16(15)24(2)20(23)14(11-22)18(26)12-30-21(27)13-8-9-19(31-3)17(10-13)25(28)29/h4-10H,12H2,1-3H3. The zero-order valence-electron chi connectivity index (χ0n) is 17.0. The number of ether oxygens (including phenoxy) is 1. The number of nitro benzene ring substituents is 1. The van der Waals surface area contributed by atoms with Crippen molar-refractivity contribution in [2.75, 3.05) is 36.8 Å². The van der Waals surface area contributed by atoms with Crippen molar-refractivity contribution < 1.29 is 19.2 Å². The van der Waals surface area contributed by atoms with Crippen molar-refractivity contribution in [3.63, 3.8) is 0 Å². The van der Waals surface area contributed by atoms with Crippen molar-refractivity contribution in [1.29, 1.82) is 5.26 Å². The molecule has 0 radical (unpaired) electrons. The first kappa shape index (κ1) is 21.9. The molecule has 0 saturated carbocycles. The van der Waals surface area contributed by atoms with E-state index in [1.165, 1.54) is 23.9 Å². The molecule has 0 spiro atoms. The predicted molar refractivity (Wildman–Crippen MR) is 116 cm³/mol. The zero-order chi connectivity index (χ0) is 22.7. The third kappa shape index (κ3) is 4.08. The molecule has 0 unspecified atom stereocenters. The molecule has 3 rings (SSSR count). The molecule has 0 aliphatic carbocycles. The Labute approximate surface area is 182 Å². The van der Waals surface area contributed by atoms with Gasteiger partial charge in [-0.25, -0.2) is 4.79 Å². The van der Waals surface area contributed by atoms with Gasteiger partial charge in [0, 0.05) is 20.2 Å². The van der Waals surface area contributed by atoms with Crippen molar-refractivity contribution in [3.8, 4) is 6.07 Å². The number of nitrogens with zero attached hydrogens (tertiary/aromatic N) is 4. The van der Waals surface area contributed by atoms with Crippen LogP contribution < -0.4 is 9.80 Å². The third-order valence-electron chi connectivity index (χ3n) is 4.80. The Kier molecular flexibility index (Phi) is 6.27. The van der Waals surface area contributed by atoms with Crippen LogP contribution in [0.15, 0.2) is 58.8 Å². The Balaban J connectivity index is 1.80. The number of hydrogen-bond acceptors (Lipinski definition) is 9. The summed E-state index contributed by atoms with van der Waals surface area (Å²) in [7, 11) is 3.47. The number of fused-ring (bicyclic) bond motifs is 1. The van der Waals surface area contributed by atoms with Crippen molar-refractivity contribution in [3.05, 3.63) is 69.5 Å². The number of anilines is 2. The summed E-state index contributed by atoms with van der Waals surface area (Å²) in [4.78, 5) is 39.5. The molecule has 0 aromatic heterocycles. The van der Waals surface area contributed by atoms with Crippen molar-refractivity contribution in [1.82, 2.24) is 0 Å². The van der Waals surface area contributed by atoms with Crippen LogP contribution in [-0.4, -0.2) is 43.6 Å². The molecule has 9 nitrogen and oxygen atoms in total. The molecular weight excluding hydrogens is 420 g/mol. The normalized spacial score (nSPS) is 12.3. The number of thioether (sulfide) groups is 1. The van der Waals surface area contributed by atoms with Crippen LogP contribution in [-0.2, 0) is 9.53 Å². The highest BCUT2D eigenvalue weighted by atomic mass is 32.2. The number of ketones is 1. The quantitative estimate of drug-likeness (QED) is 0.167. The number of carbonyl (C=O) groups is 2. The minimum Gasteiger partial charge on any atom is -0.454 e. The topological polar surface area (TPSA) is 117 Å². The largest absolute Gasteiger partial charge is 0.454 e. The van der Waals surface area contributed by atoms with Crippen LogP contribution in [0, 0.1) is 21.4 Å². The van der Waals surface area contributed by atoms with Crippen LogP contribution in [0.25, 0.3) is 0 Å². The van der Waals surface area contributed by atoms with Gasteiger partial charge in [0.1, 0.15) is 17.5 Å². The molecule has 2 aromatic rings. The number of rotatable bonds is 6. The molecule has 0 N–H and O–H groups in total. The Hall–Kier alpha value is -3.84. The lowest BCUT2D eigenvalue weighted by molar-refractivity contribution is -0.387. The van der Waals surface area contributed by atoms with E-state index in [4.69, 9.17) is 4.74 Å². The van der Waals surface area contributed by atoms with Gasteiger partial charge in [-0.15, -0.1) is 11.8 Å². The minimum atomic E-state index is -0.886. The van der Waals surface area contributed by atoms with Crippen LogP contribution in [0.1, 0.15) is 10.4 Å². The van der Waals surface area contributed by atoms with Gasteiger partial charge in [-0.05, 0) is 30.5 Å². The van der Waals surface area contributed by atoms with E-state index in [-0.39, 0.29) is 16.8 Å². The van der Waals surface area contributed by atoms with Gasteiger partial charge in [-0.2, -0.15) is 5.26 Å². The lowest BCUT2D eigenvalue weighted by Crippen LogP contribution is -2.27. The molecule has 1 heterocycles. The highest BCUT2D eigenvalue weighted by molar-refractivity contribution is 7.98. The maximum absolute atomic E-state index is 12.7. The average molecular weight is 438 g/mol. The number of benzene rings is 2. The fourth-order valence-electron chi connectivity index (χ4n) is 3.30. The molecular formula is C21H18N4O5S. The predicted octanol–water partition coefficient (Wildman–Crippen LogP) is 3.36. The molecule has 0 atom stereocenters. The Morgan fingerprint density at radius 2 is 1.77 bits per heavy atom. The van der Waals surface area contributed by atoms with E-state index < -0.39 is 23.3 Å². The first-order valence-electron chi connectivity index (χ1n) is 9.03. The summed E-state index contributed by atoms with van der Waals surface area (Å²) in [5.74, 6) is -1.18. The van der Waals surface area contributed by atoms with Gasteiger partial charge in [-0.3, -0.25) is 14.9 Å². The van der Waals surface area contributed by atoms with Gasteiger partial charge in [0.05, 0.1) is 26.8 Å². The third-order valence-corrected chi connectivity index (χ3v) is 5.58. The summed E-state index contributed by atoms with van der Waals surface area (Å²) in [6.07, 6.45) is 1.69. The summed E-state index contributed by atoms with van der Waals surface area (Å²) >= 11 is 1.18. The van der Waals surface area contributed by atoms with Gasteiger partial charge in [0.15, 0.2) is 6.61 Å². The summed E-state index contributed by atoms with van der Waals surface area (Å²) in [5, 5.41) is 20.8. The monoisotopic (exact) mass is 438 g/mol. The van der Waals surface area contributed by atoms with E-state index in [2.05, 4.69) is 0 Å². The molecule has 0 fully saturated rings. The van der Waals surface area contributed by atoms with Gasteiger partial charge >= 0.3 is 5.97 Å². The Morgan fingerprint density at radius 1 is 1.16 bits per heavy atom. The highest BCUT2D eigenvalue weighted by Crippen LogP contribution is 2.40. The summed E-state index contributed by atoms with van der Waals surface area (Å²) < 4.78 is 5.05. The summed E-state index contributed by atoms with van der Waals surface area (Å²) in [6.45, 7) is -0.665. The number of nitriles is 1. The number of para-hydroxylation sites is 2. The Bertz CT molecular complexity index is 1120. The minimum absolute atomic E-state index is 0.0500. The van der Waals surface area contributed by atoms with E-state index in [1.807, 2.05) is 30.3 Å². The second-order valence-electron chi connectivity index (χ2n) is 6.56. The van der Waals surface area contributed by atoms with Crippen LogP contribution in [0.5, 0.6) is 0 Å². The maximum atomic E-state index is 12.7. The van der Waals surface area contributed by atoms with E-state index in [0.717, 1.165) is 17.4 Å². The van der Waals surface area contributed by atoms with Crippen LogP contribution >= 0.6 is 11.8 Å². The summed E-state index contributed by atoms with van der Waals surface area (Å²) in [5.41, 5.74) is 1.24. The zero-order valence-corrected chi connectivity index (χ0v) is 17.8. The lowest BCUT2D eigenvalue weighted by atomic mass is 10.1. The van der Waals surface area contributed by atoms with Crippen molar-refractivity contribution >= 4 is 40.6 Å². The van der Waals surface area contributed by atoms with E-state index >= 15 is 0 Å². The molecule has 1 aliphatic rings. The van der Waals surface area contributed by atoms with Crippen LogP contribution in [0.2, 0.25) is 0 Å². The number of nitro groups is 1. The van der Waals surface area contributed by atoms with E-state index in [9.17, 15) is 25.0 Å². The molecule has 158 valence electrons. The lowest BCUT2D eigenvalue weighted by Gasteiger charge is -2.19. The molecule has 0 bridgehead atoms. The number of carbonyl (C=O) groups excluding carboxylic acids is 2. The molecule has 2 aromatic carbocycles. The average Bonchev–Trinajstić information content (AvgIpc) is 3.03. The number of Topliss-reactive ketones (excluding diaryl/α,β-unsaturated/α-hetero) is 1. The summed E-state index contributed by atoms with van der Waals surface area (Å²) in [6, 6.07) is 13.3. The van der Waals surface area contributed by atoms with E-state index in [0.29, 0.717) is 10.7 Å². The molecule has 0 amide bonds. The molecule has 0 saturated heterocycles. The van der Waals surface area contributed by atoms with Gasteiger partial charge in [-0.1, -0.05) is 12.1 Å². The first-order valence-corrected chi connectivity index (χ1v) is 10.3. The number of esters is 1. The highest BCUT2D eigenvalue weighted by Gasteiger charge is 2.31. The molecule has 1 aliphatic heterocycles. The second-order valence-corrected chi connectivity index (χ2v) is 7.41. The van der Waals surface area contributed by atoms with Gasteiger partial charge in [0.25, 0.3) is 5.69 Å². The first-order chi connectivity index (χ1) is 14.8. The van der Waals surface area contributed by atoms with Gasteiger partial charge in [0.2, 0.25) is 5.78 Å². The fourth-order valence-corrected chi connectivity index (χ4v) is 3.85. The number of hydrogen-bond donors (Lipinski definition) is 0. The maximum Gasteiger partial charge on any atom is 0.338 e. The van der Waals surface area contributed by atoms with Crippen molar-refractivity contribution in [2.45, 2.75) is 4.90 Å². The Morgan fingerprint density at radius 3 is 2.29 bits per heavy atom. The smallest absolute Gasteiger partial charge is 0.338 e. The van der Waals surface area contributed by atoms with Crippen LogP contribution in [0.3, 0.4) is 0 Å².